The van der Waals surface area contributed by atoms with Crippen LogP contribution in [0, 0.1) is 0 Å². The van der Waals surface area contributed by atoms with Gasteiger partial charge in [-0.05, 0) is 25.0 Å². The molecule has 5 heterocycles. The Morgan fingerprint density at radius 1 is 1.03 bits per heavy atom. The minimum Gasteiger partial charge on any atom is -0.381 e. The van der Waals surface area contributed by atoms with Crippen LogP contribution in [0.2, 0.25) is 0 Å². The highest BCUT2D eigenvalue weighted by Gasteiger charge is 2.24. The average Bonchev–Trinajstić information content (AvgIpc) is 3.52. The van der Waals surface area contributed by atoms with E-state index < -0.39 is 5.91 Å². The van der Waals surface area contributed by atoms with Crippen molar-refractivity contribution in [3.63, 3.8) is 0 Å². The SMILES string of the molecule is O=C1Nc2cn(C3CCOCC3)nc2C(=O)NCCOCCNc2cc(ccn2)-c2nc1cs2. The topological polar surface area (TPSA) is 132 Å². The van der Waals surface area contributed by atoms with Crippen LogP contribution >= 0.6 is 11.3 Å². The van der Waals surface area contributed by atoms with E-state index in [-0.39, 0.29) is 23.3 Å². The molecule has 3 N–H and O–H groups in total. The molecule has 1 fully saturated rings. The fourth-order valence-electron chi connectivity index (χ4n) is 3.82. The van der Waals surface area contributed by atoms with E-state index in [1.54, 1.807) is 22.5 Å². The van der Waals surface area contributed by atoms with Gasteiger partial charge < -0.3 is 25.4 Å². The van der Waals surface area contributed by atoms with E-state index in [1.165, 1.54) is 11.3 Å². The molecule has 5 rings (SSSR count). The van der Waals surface area contributed by atoms with E-state index >= 15 is 0 Å². The number of nitrogens with zero attached hydrogens (tertiary/aromatic N) is 4. The zero-order chi connectivity index (χ0) is 23.3. The Kier molecular flexibility index (Phi) is 6.79. The summed E-state index contributed by atoms with van der Waals surface area (Å²) in [6.45, 7) is 2.97. The quantitative estimate of drug-likeness (QED) is 0.480. The third-order valence-corrected chi connectivity index (χ3v) is 6.48. The van der Waals surface area contributed by atoms with Crippen molar-refractivity contribution in [2.45, 2.75) is 18.9 Å². The van der Waals surface area contributed by atoms with E-state index in [0.717, 1.165) is 18.4 Å². The van der Waals surface area contributed by atoms with Gasteiger partial charge >= 0.3 is 0 Å². The van der Waals surface area contributed by atoms with Crippen LogP contribution in [-0.2, 0) is 9.47 Å². The van der Waals surface area contributed by atoms with E-state index in [2.05, 4.69) is 31.0 Å². The van der Waals surface area contributed by atoms with E-state index in [0.29, 0.717) is 56.0 Å². The van der Waals surface area contributed by atoms with E-state index in [9.17, 15) is 9.59 Å². The number of anilines is 2. The molecule has 2 amide bonds. The van der Waals surface area contributed by atoms with Gasteiger partial charge in [0, 0.05) is 49.6 Å². The van der Waals surface area contributed by atoms with Crippen LogP contribution in [-0.4, -0.2) is 71.1 Å². The predicted molar refractivity (Wildman–Crippen MR) is 126 cm³/mol. The Hall–Kier alpha value is -3.35. The second-order valence-corrected chi connectivity index (χ2v) is 8.79. The second-order valence-electron chi connectivity index (χ2n) is 7.93. The molecule has 0 atom stereocenters. The van der Waals surface area contributed by atoms with Gasteiger partial charge in [0.25, 0.3) is 11.8 Å². The Balaban J connectivity index is 1.44. The number of nitrogens with one attached hydrogen (secondary N) is 3. The maximum absolute atomic E-state index is 13.0. The monoisotopic (exact) mass is 483 g/mol. The summed E-state index contributed by atoms with van der Waals surface area (Å²) in [7, 11) is 0. The number of aromatic nitrogens is 4. The summed E-state index contributed by atoms with van der Waals surface area (Å²) in [4.78, 5) is 34.7. The number of hydrogen-bond acceptors (Lipinski definition) is 9. The van der Waals surface area contributed by atoms with Gasteiger partial charge in [-0.2, -0.15) is 5.10 Å². The summed E-state index contributed by atoms with van der Waals surface area (Å²) >= 11 is 1.37. The van der Waals surface area contributed by atoms with Crippen molar-refractivity contribution < 1.29 is 19.1 Å². The molecule has 11 nitrogen and oxygen atoms in total. The van der Waals surface area contributed by atoms with Crippen molar-refractivity contribution in [1.29, 1.82) is 0 Å². The first kappa shape index (κ1) is 22.4. The lowest BCUT2D eigenvalue weighted by molar-refractivity contribution is 0.0660. The van der Waals surface area contributed by atoms with Gasteiger partial charge in [0.15, 0.2) is 5.69 Å². The average molecular weight is 484 g/mol. The standard InChI is InChI=1S/C22H25N7O4S/c30-20-17-13-34-22(27-17)14-1-4-23-18(11-14)24-5-9-33-10-6-25-21(31)19-16(26-20)12-29(28-19)15-2-7-32-8-3-15/h1,4,11-13,15H,2-3,5-10H2,(H,23,24)(H,25,31)(H,26,30). The number of pyridine rings is 1. The van der Waals surface area contributed by atoms with Crippen molar-refractivity contribution in [1.82, 2.24) is 25.1 Å². The van der Waals surface area contributed by atoms with Gasteiger partial charge in [0.05, 0.1) is 24.9 Å². The molecule has 0 saturated carbocycles. The molecule has 0 aromatic carbocycles. The molecule has 0 aliphatic carbocycles. The van der Waals surface area contributed by atoms with Crippen molar-refractivity contribution in [2.75, 3.05) is 50.2 Å². The summed E-state index contributed by atoms with van der Waals surface area (Å²) < 4.78 is 12.8. The normalized spacial score (nSPS) is 18.1. The van der Waals surface area contributed by atoms with Crippen LogP contribution in [0.3, 0.4) is 0 Å². The number of thiazole rings is 1. The molecule has 178 valence electrons. The van der Waals surface area contributed by atoms with Gasteiger partial charge in [-0.15, -0.1) is 11.3 Å². The lowest BCUT2D eigenvalue weighted by Crippen LogP contribution is -2.29. The first-order valence-electron chi connectivity index (χ1n) is 11.2. The number of carbonyl (C=O) groups excluding carboxylic acids is 2. The lowest BCUT2D eigenvalue weighted by Gasteiger charge is -2.22. The minimum atomic E-state index is -0.403. The second kappa shape index (κ2) is 10.3. The molecular weight excluding hydrogens is 458 g/mol. The molecule has 4 bridgehead atoms. The Bertz CT molecular complexity index is 1170. The third kappa shape index (κ3) is 5.08. The fraction of sp³-hybridized carbons (Fsp3) is 0.409. The Morgan fingerprint density at radius 2 is 1.82 bits per heavy atom. The molecule has 0 radical (unpaired) electrons. The van der Waals surface area contributed by atoms with Crippen molar-refractivity contribution in [2.24, 2.45) is 0 Å². The smallest absolute Gasteiger partial charge is 0.275 e. The minimum absolute atomic E-state index is 0.107. The maximum atomic E-state index is 13.0. The van der Waals surface area contributed by atoms with Crippen LogP contribution in [0.1, 0.15) is 39.9 Å². The number of hydrogen-bond donors (Lipinski definition) is 3. The van der Waals surface area contributed by atoms with Crippen LogP contribution in [0.15, 0.2) is 29.9 Å². The predicted octanol–water partition coefficient (Wildman–Crippen LogP) is 2.18. The Labute approximate surface area is 199 Å². The first-order valence-corrected chi connectivity index (χ1v) is 12.1. The molecule has 2 aliphatic rings. The highest BCUT2D eigenvalue weighted by molar-refractivity contribution is 7.13. The zero-order valence-electron chi connectivity index (χ0n) is 18.5. The number of fused-ring (bicyclic) bond motifs is 6. The van der Waals surface area contributed by atoms with Crippen LogP contribution in [0.5, 0.6) is 0 Å². The Morgan fingerprint density at radius 3 is 2.68 bits per heavy atom. The summed E-state index contributed by atoms with van der Waals surface area (Å²) in [5.41, 5.74) is 1.64. The molecule has 3 aromatic rings. The van der Waals surface area contributed by atoms with Gasteiger partial charge in [0.1, 0.15) is 16.5 Å². The largest absolute Gasteiger partial charge is 0.381 e. The molecule has 0 spiro atoms. The summed E-state index contributed by atoms with van der Waals surface area (Å²) in [6.07, 6.45) is 5.00. The third-order valence-electron chi connectivity index (χ3n) is 5.59. The fourth-order valence-corrected chi connectivity index (χ4v) is 4.62. The molecule has 0 unspecified atom stereocenters. The summed E-state index contributed by atoms with van der Waals surface area (Å²) in [5.74, 6) is -0.0797. The maximum Gasteiger partial charge on any atom is 0.275 e. The lowest BCUT2D eigenvalue weighted by atomic mass is 10.1. The van der Waals surface area contributed by atoms with Crippen LogP contribution in [0.25, 0.3) is 10.6 Å². The number of carbonyl (C=O) groups is 2. The summed E-state index contributed by atoms with van der Waals surface area (Å²) in [6, 6.07) is 3.84. The molecule has 1 saturated heterocycles. The molecule has 2 aliphatic heterocycles. The van der Waals surface area contributed by atoms with Gasteiger partial charge in [-0.1, -0.05) is 0 Å². The molecule has 3 aromatic heterocycles. The highest BCUT2D eigenvalue weighted by atomic mass is 32.1. The first-order chi connectivity index (χ1) is 16.7. The molecule has 12 heteroatoms. The van der Waals surface area contributed by atoms with Gasteiger partial charge in [-0.25, -0.2) is 9.97 Å². The number of ether oxygens (including phenoxy) is 2. The number of amides is 2. The van der Waals surface area contributed by atoms with Crippen molar-refractivity contribution in [3.8, 4) is 10.6 Å². The molecule has 34 heavy (non-hydrogen) atoms. The number of rotatable bonds is 1. The van der Waals surface area contributed by atoms with E-state index in [1.807, 2.05) is 12.1 Å². The summed E-state index contributed by atoms with van der Waals surface area (Å²) in [5, 5.41) is 15.8. The van der Waals surface area contributed by atoms with Crippen LogP contribution in [0.4, 0.5) is 11.5 Å². The van der Waals surface area contributed by atoms with Crippen LogP contribution < -0.4 is 16.0 Å². The van der Waals surface area contributed by atoms with Gasteiger partial charge in [-0.3, -0.25) is 14.3 Å². The van der Waals surface area contributed by atoms with Crippen molar-refractivity contribution >= 4 is 34.7 Å². The zero-order valence-corrected chi connectivity index (χ0v) is 19.3. The van der Waals surface area contributed by atoms with Crippen molar-refractivity contribution in [3.05, 3.63) is 41.3 Å². The van der Waals surface area contributed by atoms with E-state index in [4.69, 9.17) is 9.47 Å². The van der Waals surface area contributed by atoms with Gasteiger partial charge in [0.2, 0.25) is 0 Å². The highest BCUT2D eigenvalue weighted by Crippen LogP contribution is 2.27. The molecular formula is C22H25N7O4S.